The Morgan fingerprint density at radius 2 is 1.70 bits per heavy atom. The number of aromatic hydroxyl groups is 1. The molecule has 1 fully saturated rings. The van der Waals surface area contributed by atoms with Gasteiger partial charge >= 0.3 is 6.03 Å². The Kier molecular flexibility index (Phi) is 7.83. The number of anilines is 4. The van der Waals surface area contributed by atoms with E-state index in [4.69, 9.17) is 0 Å². The molecule has 0 aliphatic carbocycles. The van der Waals surface area contributed by atoms with Gasteiger partial charge in [-0.25, -0.2) is 4.79 Å². The predicted octanol–water partition coefficient (Wildman–Crippen LogP) is 8.43. The number of nitrogens with one attached hydrogen (secondary N) is 2. The summed E-state index contributed by atoms with van der Waals surface area (Å²) in [6.07, 6.45) is 4.33. The van der Waals surface area contributed by atoms with Gasteiger partial charge in [0, 0.05) is 30.2 Å². The zero-order valence-electron chi connectivity index (χ0n) is 24.6. The molecule has 2 heterocycles. The molecule has 3 aromatic rings. The van der Waals surface area contributed by atoms with Crippen LogP contribution in [0, 0.1) is 5.41 Å². The lowest BCUT2D eigenvalue weighted by molar-refractivity contribution is 0.178. The van der Waals surface area contributed by atoms with E-state index in [0.717, 1.165) is 49.5 Å². The Bertz CT molecular complexity index is 1340. The number of phenolic OH excluding ortho intramolecular Hbond substituents is 1. The topological polar surface area (TPSA) is 67.8 Å². The van der Waals surface area contributed by atoms with Crippen molar-refractivity contribution < 1.29 is 9.90 Å². The number of rotatable bonds is 7. The highest BCUT2D eigenvalue weighted by Crippen LogP contribution is 2.52. The normalized spacial score (nSPS) is 18.5. The van der Waals surface area contributed by atoms with Gasteiger partial charge in [0.1, 0.15) is 5.75 Å². The van der Waals surface area contributed by atoms with Crippen LogP contribution in [0.1, 0.15) is 77.5 Å². The quantitative estimate of drug-likeness (QED) is 0.281. The number of hydrogen-bond donors (Lipinski definition) is 3. The standard InChI is InChI=1S/C34H44N4O2/c1-6-34(7-2)23-38(31-26(34)12-10-16-30(31)39)29-14-9-8-13-27(29)36-32(40)35-25-19-17-24(18-20-25)28-15-11-21-37(28)22-33(3,4)5/h8-10,12-14,16-20,28,39H,6-7,11,15,21-23H2,1-5H3,(H2,35,36,40). The molecule has 6 nitrogen and oxygen atoms in total. The monoisotopic (exact) mass is 540 g/mol. The van der Waals surface area contributed by atoms with Crippen LogP contribution in [0.4, 0.5) is 27.5 Å². The van der Waals surface area contributed by atoms with E-state index in [1.54, 1.807) is 6.07 Å². The Morgan fingerprint density at radius 3 is 2.40 bits per heavy atom. The van der Waals surface area contributed by atoms with Gasteiger partial charge in [0.15, 0.2) is 0 Å². The summed E-state index contributed by atoms with van der Waals surface area (Å²) in [7, 11) is 0. The second-order valence-corrected chi connectivity index (χ2v) is 12.7. The van der Waals surface area contributed by atoms with Crippen LogP contribution in [0.15, 0.2) is 66.7 Å². The molecule has 2 aliphatic rings. The van der Waals surface area contributed by atoms with Crippen molar-refractivity contribution in [3.63, 3.8) is 0 Å². The van der Waals surface area contributed by atoms with E-state index in [2.05, 4.69) is 73.3 Å². The molecule has 6 heteroatoms. The summed E-state index contributed by atoms with van der Waals surface area (Å²) >= 11 is 0. The van der Waals surface area contributed by atoms with Crippen LogP contribution >= 0.6 is 0 Å². The van der Waals surface area contributed by atoms with Gasteiger partial charge in [0.05, 0.1) is 17.1 Å². The van der Waals surface area contributed by atoms with E-state index >= 15 is 0 Å². The van der Waals surface area contributed by atoms with Crippen LogP contribution < -0.4 is 15.5 Å². The van der Waals surface area contributed by atoms with Gasteiger partial charge in [-0.2, -0.15) is 0 Å². The van der Waals surface area contributed by atoms with Gasteiger partial charge in [-0.3, -0.25) is 4.90 Å². The van der Waals surface area contributed by atoms with Crippen LogP contribution in [0.25, 0.3) is 0 Å². The maximum Gasteiger partial charge on any atom is 0.323 e. The van der Waals surface area contributed by atoms with Crippen molar-refractivity contribution >= 4 is 28.8 Å². The average Bonchev–Trinajstić information content (AvgIpc) is 3.51. The van der Waals surface area contributed by atoms with Gasteiger partial charge in [0.2, 0.25) is 0 Å². The van der Waals surface area contributed by atoms with Crippen LogP contribution in [0.5, 0.6) is 5.75 Å². The van der Waals surface area contributed by atoms with Crippen LogP contribution in [-0.4, -0.2) is 35.7 Å². The lowest BCUT2D eigenvalue weighted by Crippen LogP contribution is -2.32. The van der Waals surface area contributed by atoms with Crippen molar-refractivity contribution in [2.45, 2.75) is 71.8 Å². The number of carbonyl (C=O) groups excluding carboxylic acids is 1. The third-order valence-electron chi connectivity index (χ3n) is 8.71. The average molecular weight is 541 g/mol. The second-order valence-electron chi connectivity index (χ2n) is 12.7. The molecule has 0 spiro atoms. The predicted molar refractivity (Wildman–Crippen MR) is 166 cm³/mol. The molecule has 212 valence electrons. The summed E-state index contributed by atoms with van der Waals surface area (Å²) in [6, 6.07) is 22.1. The number of para-hydroxylation sites is 3. The number of benzene rings is 3. The van der Waals surface area contributed by atoms with Crippen LogP contribution in [-0.2, 0) is 5.41 Å². The summed E-state index contributed by atoms with van der Waals surface area (Å²) < 4.78 is 0. The first kappa shape index (κ1) is 28.0. The van der Waals surface area contributed by atoms with E-state index in [0.29, 0.717) is 11.7 Å². The Hall–Kier alpha value is -3.51. The smallest absolute Gasteiger partial charge is 0.323 e. The molecule has 40 heavy (non-hydrogen) atoms. The molecular formula is C34H44N4O2. The van der Waals surface area contributed by atoms with Crippen molar-refractivity contribution in [2.24, 2.45) is 5.41 Å². The highest BCUT2D eigenvalue weighted by molar-refractivity contribution is 6.02. The minimum absolute atomic E-state index is 0.0486. The lowest BCUT2D eigenvalue weighted by atomic mass is 9.77. The SMILES string of the molecule is CCC1(CC)CN(c2ccccc2NC(=O)Nc2ccc(C3CCCN3CC(C)(C)C)cc2)c2c(O)cccc21. The summed E-state index contributed by atoms with van der Waals surface area (Å²) in [5, 5.41) is 17.0. The number of fused-ring (bicyclic) bond motifs is 1. The summed E-state index contributed by atoms with van der Waals surface area (Å²) in [5.74, 6) is 0.268. The molecule has 3 aromatic carbocycles. The Labute approximate surface area is 239 Å². The summed E-state index contributed by atoms with van der Waals surface area (Å²) in [4.78, 5) is 17.9. The fourth-order valence-electron chi connectivity index (χ4n) is 6.66. The van der Waals surface area contributed by atoms with E-state index in [-0.39, 0.29) is 22.6 Å². The minimum Gasteiger partial charge on any atom is -0.506 e. The zero-order chi connectivity index (χ0) is 28.5. The van der Waals surface area contributed by atoms with Crippen molar-refractivity contribution in [2.75, 3.05) is 35.2 Å². The van der Waals surface area contributed by atoms with E-state index < -0.39 is 0 Å². The van der Waals surface area contributed by atoms with E-state index in [9.17, 15) is 9.90 Å². The maximum atomic E-state index is 13.2. The fourth-order valence-corrected chi connectivity index (χ4v) is 6.66. The van der Waals surface area contributed by atoms with Gasteiger partial charge in [-0.15, -0.1) is 0 Å². The van der Waals surface area contributed by atoms with Crippen molar-refractivity contribution in [1.29, 1.82) is 0 Å². The van der Waals surface area contributed by atoms with Crippen molar-refractivity contribution in [1.82, 2.24) is 4.90 Å². The molecule has 0 saturated carbocycles. The molecule has 2 aliphatic heterocycles. The number of likely N-dealkylation sites (tertiary alicyclic amines) is 1. The van der Waals surface area contributed by atoms with Gasteiger partial charge in [0.25, 0.3) is 0 Å². The van der Waals surface area contributed by atoms with Crippen molar-refractivity contribution in [3.05, 3.63) is 77.9 Å². The maximum absolute atomic E-state index is 13.2. The highest BCUT2D eigenvalue weighted by atomic mass is 16.3. The first-order chi connectivity index (χ1) is 19.1. The molecule has 0 bridgehead atoms. The molecule has 2 amide bonds. The second kappa shape index (κ2) is 11.2. The van der Waals surface area contributed by atoms with Gasteiger partial charge < -0.3 is 20.6 Å². The Morgan fingerprint density at radius 1 is 0.975 bits per heavy atom. The molecule has 1 atom stereocenters. The molecule has 0 aromatic heterocycles. The molecule has 5 rings (SSSR count). The molecule has 0 radical (unpaired) electrons. The largest absolute Gasteiger partial charge is 0.506 e. The number of urea groups is 1. The van der Waals surface area contributed by atoms with Crippen LogP contribution in [0.3, 0.4) is 0 Å². The zero-order valence-corrected chi connectivity index (χ0v) is 24.6. The number of nitrogens with zero attached hydrogens (tertiary/aromatic N) is 2. The van der Waals surface area contributed by atoms with Crippen LogP contribution in [0.2, 0.25) is 0 Å². The number of phenols is 1. The number of carbonyl (C=O) groups is 1. The number of amides is 2. The third kappa shape index (κ3) is 5.55. The van der Waals surface area contributed by atoms with E-state index in [1.165, 1.54) is 24.0 Å². The van der Waals surface area contributed by atoms with Gasteiger partial charge in [-0.05, 0) is 79.1 Å². The first-order valence-electron chi connectivity index (χ1n) is 14.7. The first-order valence-corrected chi connectivity index (χ1v) is 14.7. The molecule has 1 saturated heterocycles. The van der Waals surface area contributed by atoms with E-state index in [1.807, 2.05) is 42.5 Å². The third-order valence-corrected chi connectivity index (χ3v) is 8.71. The fraction of sp³-hybridized carbons (Fsp3) is 0.441. The molecular weight excluding hydrogens is 496 g/mol. The van der Waals surface area contributed by atoms with Gasteiger partial charge in [-0.1, -0.05) is 71.0 Å². The summed E-state index contributed by atoms with van der Waals surface area (Å²) in [5.41, 5.74) is 5.87. The summed E-state index contributed by atoms with van der Waals surface area (Å²) in [6.45, 7) is 14.3. The lowest BCUT2D eigenvalue weighted by Gasteiger charge is -2.31. The molecule has 1 unspecified atom stereocenters. The minimum atomic E-state index is -0.288. The molecule has 3 N–H and O–H groups in total. The van der Waals surface area contributed by atoms with Crippen molar-refractivity contribution in [3.8, 4) is 5.75 Å². The Balaban J connectivity index is 1.31. The number of hydrogen-bond acceptors (Lipinski definition) is 4. The highest BCUT2D eigenvalue weighted by Gasteiger charge is 2.42.